The van der Waals surface area contributed by atoms with Gasteiger partial charge in [-0.3, -0.25) is 14.2 Å². The van der Waals surface area contributed by atoms with E-state index in [0.717, 1.165) is 43.6 Å². The minimum absolute atomic E-state index is 0.0253. The first-order valence-corrected chi connectivity index (χ1v) is 10.5. The van der Waals surface area contributed by atoms with E-state index in [9.17, 15) is 9.59 Å². The van der Waals surface area contributed by atoms with E-state index in [1.165, 1.54) is 5.56 Å². The van der Waals surface area contributed by atoms with Gasteiger partial charge in [0.15, 0.2) is 0 Å². The van der Waals surface area contributed by atoms with Crippen molar-refractivity contribution in [3.8, 4) is 0 Å². The molecule has 1 aliphatic rings. The lowest BCUT2D eigenvalue weighted by Crippen LogP contribution is -2.36. The number of carbonyl (C=O) groups excluding carboxylic acids is 1. The van der Waals surface area contributed by atoms with Gasteiger partial charge in [-0.25, -0.2) is 4.98 Å². The van der Waals surface area contributed by atoms with Crippen LogP contribution in [0.5, 0.6) is 0 Å². The Kier molecular flexibility index (Phi) is 5.51. The molecule has 1 unspecified atom stereocenters. The molecule has 2 aromatic heterocycles. The van der Waals surface area contributed by atoms with Gasteiger partial charge in [-0.2, -0.15) is 0 Å². The van der Waals surface area contributed by atoms with Gasteiger partial charge in [0, 0.05) is 24.7 Å². The molecule has 29 heavy (non-hydrogen) atoms. The third-order valence-electron chi connectivity index (χ3n) is 5.74. The third-order valence-corrected chi connectivity index (χ3v) is 5.74. The second-order valence-electron chi connectivity index (χ2n) is 8.04. The molecular weight excluding hydrogens is 364 g/mol. The van der Waals surface area contributed by atoms with Crippen LogP contribution in [0.15, 0.2) is 41.2 Å². The van der Waals surface area contributed by atoms with E-state index in [2.05, 4.69) is 17.4 Å². The lowest BCUT2D eigenvalue weighted by Gasteiger charge is -2.18. The average molecular weight is 393 g/mol. The van der Waals surface area contributed by atoms with Gasteiger partial charge in [0.2, 0.25) is 5.91 Å². The van der Waals surface area contributed by atoms with Gasteiger partial charge in [0.25, 0.3) is 5.56 Å². The fourth-order valence-electron chi connectivity index (χ4n) is 4.16. The molecule has 1 aliphatic heterocycles. The van der Waals surface area contributed by atoms with E-state index in [4.69, 9.17) is 4.98 Å². The van der Waals surface area contributed by atoms with E-state index in [-0.39, 0.29) is 24.1 Å². The van der Waals surface area contributed by atoms with Crippen molar-refractivity contribution in [2.45, 2.75) is 65.1 Å². The van der Waals surface area contributed by atoms with E-state index in [1.54, 1.807) is 4.57 Å². The average Bonchev–Trinajstić information content (AvgIpc) is 3.02. The monoisotopic (exact) mass is 392 g/mol. The Balaban J connectivity index is 1.48. The number of amides is 1. The Labute approximate surface area is 170 Å². The molecule has 152 valence electrons. The highest BCUT2D eigenvalue weighted by Crippen LogP contribution is 2.18. The summed E-state index contributed by atoms with van der Waals surface area (Å²) < 4.78 is 3.59. The highest BCUT2D eigenvalue weighted by atomic mass is 16.2. The van der Waals surface area contributed by atoms with Crippen LogP contribution in [-0.2, 0) is 30.7 Å². The van der Waals surface area contributed by atoms with Gasteiger partial charge < -0.3 is 9.88 Å². The highest BCUT2D eigenvalue weighted by Gasteiger charge is 2.20. The van der Waals surface area contributed by atoms with Gasteiger partial charge in [0.1, 0.15) is 17.9 Å². The Hall–Kier alpha value is -2.89. The topological polar surface area (TPSA) is 68.9 Å². The predicted molar refractivity (Wildman–Crippen MR) is 114 cm³/mol. The maximum Gasteiger partial charge on any atom is 0.278 e. The van der Waals surface area contributed by atoms with Gasteiger partial charge in [-0.15, -0.1) is 0 Å². The molecule has 0 saturated heterocycles. The van der Waals surface area contributed by atoms with Crippen molar-refractivity contribution in [2.24, 2.45) is 0 Å². The van der Waals surface area contributed by atoms with Crippen LogP contribution in [-0.4, -0.2) is 26.1 Å². The lowest BCUT2D eigenvalue weighted by molar-refractivity contribution is -0.122. The van der Waals surface area contributed by atoms with Crippen molar-refractivity contribution in [3.63, 3.8) is 0 Å². The number of aromatic nitrogens is 3. The number of carbonyl (C=O) groups is 1. The summed E-state index contributed by atoms with van der Waals surface area (Å²) in [5, 5.41) is 3.07. The zero-order valence-electron chi connectivity index (χ0n) is 17.1. The summed E-state index contributed by atoms with van der Waals surface area (Å²) in [5.74, 6) is 0.790. The molecule has 1 atom stereocenters. The van der Waals surface area contributed by atoms with Crippen LogP contribution >= 0.6 is 0 Å². The Morgan fingerprint density at radius 1 is 1.24 bits per heavy atom. The quantitative estimate of drug-likeness (QED) is 0.701. The molecule has 1 aromatic carbocycles. The molecule has 6 heteroatoms. The van der Waals surface area contributed by atoms with Crippen molar-refractivity contribution in [1.29, 1.82) is 0 Å². The number of aryl methyl sites for hydroxylation is 3. The number of hydrogen-bond acceptors (Lipinski definition) is 3. The van der Waals surface area contributed by atoms with Crippen LogP contribution in [0.3, 0.4) is 0 Å². The van der Waals surface area contributed by atoms with Gasteiger partial charge in [0.05, 0.1) is 5.52 Å². The molecule has 1 N–H and O–H groups in total. The SMILES string of the molecule is Cc1cc2nc3n(c(=O)c2n1CC(=O)NC(C)CCc1ccccc1)CCCC3. The van der Waals surface area contributed by atoms with Crippen LogP contribution in [0.4, 0.5) is 0 Å². The smallest absolute Gasteiger partial charge is 0.278 e. The molecular formula is C23H28N4O2. The number of nitrogens with zero attached hydrogens (tertiary/aromatic N) is 3. The van der Waals surface area contributed by atoms with Gasteiger partial charge in [-0.05, 0) is 51.2 Å². The first-order chi connectivity index (χ1) is 14.0. The molecule has 1 amide bonds. The molecule has 0 bridgehead atoms. The third kappa shape index (κ3) is 4.11. The van der Waals surface area contributed by atoms with Crippen LogP contribution in [0.1, 0.15) is 43.3 Å². The lowest BCUT2D eigenvalue weighted by atomic mass is 10.1. The first kappa shape index (κ1) is 19.4. The molecule has 0 saturated carbocycles. The summed E-state index contributed by atoms with van der Waals surface area (Å²) in [4.78, 5) is 30.4. The molecule has 3 aromatic rings. The van der Waals surface area contributed by atoms with Crippen molar-refractivity contribution >= 4 is 16.9 Å². The summed E-state index contributed by atoms with van der Waals surface area (Å²) in [6, 6.07) is 12.3. The summed E-state index contributed by atoms with van der Waals surface area (Å²) in [7, 11) is 0. The van der Waals surface area contributed by atoms with E-state index < -0.39 is 0 Å². The van der Waals surface area contributed by atoms with Crippen LogP contribution in [0.2, 0.25) is 0 Å². The largest absolute Gasteiger partial charge is 0.352 e. The van der Waals surface area contributed by atoms with Gasteiger partial charge >= 0.3 is 0 Å². The van der Waals surface area contributed by atoms with Crippen LogP contribution in [0, 0.1) is 6.92 Å². The standard InChI is InChI=1S/C23H28N4O2/c1-16(11-12-18-8-4-3-5-9-18)24-21(28)15-27-17(2)14-19-22(27)23(29)26-13-7-6-10-20(26)25-19/h3-5,8-9,14,16H,6-7,10-13,15H2,1-2H3,(H,24,28). The Morgan fingerprint density at radius 2 is 2.03 bits per heavy atom. The number of rotatable bonds is 6. The molecule has 4 rings (SSSR count). The van der Waals surface area contributed by atoms with Crippen LogP contribution < -0.4 is 10.9 Å². The van der Waals surface area contributed by atoms with Gasteiger partial charge in [-0.1, -0.05) is 30.3 Å². The maximum atomic E-state index is 13.0. The molecule has 0 fully saturated rings. The van der Waals surface area contributed by atoms with Crippen molar-refractivity contribution in [1.82, 2.24) is 19.4 Å². The normalized spacial score (nSPS) is 14.6. The van der Waals surface area contributed by atoms with Crippen molar-refractivity contribution in [2.75, 3.05) is 0 Å². The van der Waals surface area contributed by atoms with Crippen molar-refractivity contribution in [3.05, 3.63) is 63.8 Å². The van der Waals surface area contributed by atoms with E-state index >= 15 is 0 Å². The number of fused-ring (bicyclic) bond motifs is 2. The second-order valence-corrected chi connectivity index (χ2v) is 8.04. The first-order valence-electron chi connectivity index (χ1n) is 10.5. The van der Waals surface area contributed by atoms with E-state index in [1.807, 2.05) is 42.7 Å². The number of benzene rings is 1. The zero-order valence-corrected chi connectivity index (χ0v) is 17.1. The molecule has 0 spiro atoms. The number of nitrogens with one attached hydrogen (secondary N) is 1. The van der Waals surface area contributed by atoms with E-state index in [0.29, 0.717) is 17.6 Å². The molecule has 3 heterocycles. The second kappa shape index (κ2) is 8.23. The molecule has 0 radical (unpaired) electrons. The Morgan fingerprint density at radius 3 is 2.83 bits per heavy atom. The summed E-state index contributed by atoms with van der Waals surface area (Å²) >= 11 is 0. The summed E-state index contributed by atoms with van der Waals surface area (Å²) in [6.07, 6.45) is 4.71. The van der Waals surface area contributed by atoms with Crippen molar-refractivity contribution < 1.29 is 4.79 Å². The minimum Gasteiger partial charge on any atom is -0.352 e. The zero-order chi connectivity index (χ0) is 20.4. The highest BCUT2D eigenvalue weighted by molar-refractivity contribution is 5.81. The fourth-order valence-corrected chi connectivity index (χ4v) is 4.16. The predicted octanol–water partition coefficient (Wildman–Crippen LogP) is 2.98. The summed E-state index contributed by atoms with van der Waals surface area (Å²) in [5.41, 5.74) is 3.37. The maximum absolute atomic E-state index is 13.0. The minimum atomic E-state index is -0.0757. The van der Waals surface area contributed by atoms with Crippen LogP contribution in [0.25, 0.3) is 11.0 Å². The fraction of sp³-hybridized carbons (Fsp3) is 0.435. The molecule has 0 aliphatic carbocycles. The summed E-state index contributed by atoms with van der Waals surface area (Å²) in [6.45, 7) is 4.80. The number of hydrogen-bond donors (Lipinski definition) is 1. The molecule has 6 nitrogen and oxygen atoms in total. The Bertz CT molecular complexity index is 1080.